The van der Waals surface area contributed by atoms with E-state index in [1.165, 1.54) is 10.8 Å². The molecule has 1 aromatic heterocycles. The highest BCUT2D eigenvalue weighted by Crippen LogP contribution is 2.26. The molecule has 2 N–H and O–H groups in total. The molecule has 6 nitrogen and oxygen atoms in total. The van der Waals surface area contributed by atoms with E-state index in [0.717, 1.165) is 0 Å². The smallest absolute Gasteiger partial charge is 0.330 e. The molecule has 0 bridgehead atoms. The van der Waals surface area contributed by atoms with Crippen LogP contribution in [0.2, 0.25) is 0 Å². The fraction of sp³-hybridized carbons (Fsp3) is 0.556. The number of aromatic amines is 1. The van der Waals surface area contributed by atoms with Crippen LogP contribution in [0.25, 0.3) is 0 Å². The first-order valence-corrected chi connectivity index (χ1v) is 5.91. The van der Waals surface area contributed by atoms with Crippen LogP contribution in [0.4, 0.5) is 0 Å². The average Bonchev–Trinajstić information content (AvgIpc) is 2.53. The fourth-order valence-electron chi connectivity index (χ4n) is 1.65. The van der Waals surface area contributed by atoms with E-state index in [-0.39, 0.29) is 6.10 Å². The molecule has 1 aromatic rings. The van der Waals surface area contributed by atoms with Gasteiger partial charge in [0.15, 0.2) is 0 Å². The van der Waals surface area contributed by atoms with E-state index < -0.39 is 23.6 Å². The summed E-state index contributed by atoms with van der Waals surface area (Å²) in [5.41, 5.74) is -0.926. The summed E-state index contributed by atoms with van der Waals surface area (Å²) in [6.45, 7) is 1.74. The normalized spacial score (nSPS) is 29.6. The van der Waals surface area contributed by atoms with Crippen molar-refractivity contribution < 1.29 is 9.84 Å². The lowest BCUT2D eigenvalue weighted by Gasteiger charge is -2.13. The van der Waals surface area contributed by atoms with E-state index in [0.29, 0.717) is 9.99 Å². The summed E-state index contributed by atoms with van der Waals surface area (Å²) in [6, 6.07) is 0. The lowest BCUT2D eigenvalue weighted by atomic mass is 10.2. The Hall–Kier alpha value is -0.670. The Morgan fingerprint density at radius 2 is 2.31 bits per heavy atom. The largest absolute Gasteiger partial charge is 0.390 e. The van der Waals surface area contributed by atoms with Crippen LogP contribution in [0.3, 0.4) is 0 Å². The maximum atomic E-state index is 11.5. The second-order valence-electron chi connectivity index (χ2n) is 3.74. The zero-order valence-electron chi connectivity index (χ0n) is 8.51. The van der Waals surface area contributed by atoms with Crippen molar-refractivity contribution in [3.05, 3.63) is 30.6 Å². The molecule has 0 aliphatic carbocycles. The molecule has 0 saturated carbocycles. The molecule has 0 aromatic carbocycles. The minimum atomic E-state index is -0.582. The predicted molar refractivity (Wildman–Crippen MR) is 64.2 cm³/mol. The number of rotatable bonds is 1. The zero-order chi connectivity index (χ0) is 11.9. The van der Waals surface area contributed by atoms with Gasteiger partial charge < -0.3 is 9.84 Å². The minimum absolute atomic E-state index is 0.304. The molecule has 3 unspecified atom stereocenters. The Morgan fingerprint density at radius 3 is 2.88 bits per heavy atom. The third-order valence-corrected chi connectivity index (χ3v) is 3.36. The number of nitrogens with one attached hydrogen (secondary N) is 1. The molecule has 1 saturated heterocycles. The summed E-state index contributed by atoms with van der Waals surface area (Å²) in [4.78, 5) is 24.9. The topological polar surface area (TPSA) is 84.3 Å². The molecule has 7 heteroatoms. The second kappa shape index (κ2) is 4.30. The van der Waals surface area contributed by atoms with Crippen LogP contribution in [-0.4, -0.2) is 26.9 Å². The van der Waals surface area contributed by atoms with Crippen molar-refractivity contribution in [2.45, 2.75) is 31.8 Å². The predicted octanol–water partition coefficient (Wildman–Crippen LogP) is -0.191. The molecule has 16 heavy (non-hydrogen) atoms. The molecule has 0 spiro atoms. The van der Waals surface area contributed by atoms with Crippen LogP contribution in [0.5, 0.6) is 0 Å². The van der Waals surface area contributed by atoms with E-state index in [9.17, 15) is 14.7 Å². The quantitative estimate of drug-likeness (QED) is 0.696. The highest BCUT2D eigenvalue weighted by Gasteiger charge is 2.32. The Labute approximate surface area is 104 Å². The molecule has 2 rings (SSSR count). The average molecular weight is 338 g/mol. The van der Waals surface area contributed by atoms with Gasteiger partial charge in [-0.1, -0.05) is 0 Å². The summed E-state index contributed by atoms with van der Waals surface area (Å²) in [6.07, 6.45) is 0.395. The second-order valence-corrected chi connectivity index (χ2v) is 4.90. The molecule has 1 aliphatic rings. The van der Waals surface area contributed by atoms with Gasteiger partial charge in [-0.3, -0.25) is 14.3 Å². The number of hydrogen-bond acceptors (Lipinski definition) is 4. The Morgan fingerprint density at radius 1 is 1.62 bits per heavy atom. The van der Waals surface area contributed by atoms with Gasteiger partial charge in [-0.25, -0.2) is 4.79 Å². The molecule has 2 heterocycles. The Kier molecular flexibility index (Phi) is 3.17. The number of ether oxygens (including phenoxy) is 1. The Balaban J connectivity index is 2.39. The maximum Gasteiger partial charge on any atom is 0.330 e. The summed E-state index contributed by atoms with van der Waals surface area (Å²) in [5, 5.41) is 9.53. The van der Waals surface area contributed by atoms with Crippen molar-refractivity contribution in [3.63, 3.8) is 0 Å². The van der Waals surface area contributed by atoms with E-state index in [2.05, 4.69) is 4.98 Å². The van der Waals surface area contributed by atoms with Gasteiger partial charge in [0.1, 0.15) is 6.23 Å². The van der Waals surface area contributed by atoms with Crippen LogP contribution in [0, 0.1) is 3.57 Å². The van der Waals surface area contributed by atoms with Gasteiger partial charge >= 0.3 is 5.69 Å². The van der Waals surface area contributed by atoms with Gasteiger partial charge in [0.2, 0.25) is 0 Å². The first-order chi connectivity index (χ1) is 7.49. The highest BCUT2D eigenvalue weighted by molar-refractivity contribution is 14.1. The summed E-state index contributed by atoms with van der Waals surface area (Å²) >= 11 is 1.84. The third kappa shape index (κ3) is 2.06. The summed E-state index contributed by atoms with van der Waals surface area (Å²) < 4.78 is 7.14. The van der Waals surface area contributed by atoms with Crippen LogP contribution < -0.4 is 11.2 Å². The molecule has 3 atom stereocenters. The molecule has 1 fully saturated rings. The van der Waals surface area contributed by atoms with Gasteiger partial charge in [-0.15, -0.1) is 0 Å². The SMILES string of the molecule is CC1OC(n2cc(I)c(=O)[nH]c2=O)CC1O. The van der Waals surface area contributed by atoms with Crippen molar-refractivity contribution in [3.8, 4) is 0 Å². The number of hydrogen-bond donors (Lipinski definition) is 2. The number of aliphatic hydroxyl groups excluding tert-OH is 1. The van der Waals surface area contributed by atoms with Crippen molar-refractivity contribution in [2.24, 2.45) is 0 Å². The van der Waals surface area contributed by atoms with Gasteiger partial charge in [0, 0.05) is 12.6 Å². The molecule has 0 amide bonds. The Bertz CT molecular complexity index is 499. The van der Waals surface area contributed by atoms with E-state index in [1.54, 1.807) is 6.92 Å². The van der Waals surface area contributed by atoms with Crippen LogP contribution >= 0.6 is 22.6 Å². The van der Waals surface area contributed by atoms with Gasteiger partial charge in [0.25, 0.3) is 5.56 Å². The van der Waals surface area contributed by atoms with Gasteiger partial charge in [-0.2, -0.15) is 0 Å². The molecular formula is C9H11IN2O4. The minimum Gasteiger partial charge on any atom is -0.390 e. The van der Waals surface area contributed by atoms with Crippen molar-refractivity contribution in [2.75, 3.05) is 0 Å². The lowest BCUT2D eigenvalue weighted by Crippen LogP contribution is -2.33. The first-order valence-electron chi connectivity index (χ1n) is 4.83. The molecule has 0 radical (unpaired) electrons. The lowest BCUT2D eigenvalue weighted by molar-refractivity contribution is -0.0102. The molecule has 88 valence electrons. The third-order valence-electron chi connectivity index (χ3n) is 2.59. The standard InChI is InChI=1S/C9H11IN2O4/c1-4-6(13)2-7(16-4)12-3-5(10)8(14)11-9(12)15/h3-4,6-7,13H,2H2,1H3,(H,11,14,15). The van der Waals surface area contributed by atoms with Gasteiger partial charge in [-0.05, 0) is 29.5 Å². The van der Waals surface area contributed by atoms with Crippen LogP contribution in [-0.2, 0) is 4.74 Å². The van der Waals surface area contributed by atoms with Crippen molar-refractivity contribution in [1.29, 1.82) is 0 Å². The van der Waals surface area contributed by atoms with Crippen LogP contribution in [0.15, 0.2) is 15.8 Å². The number of aromatic nitrogens is 2. The number of aliphatic hydroxyl groups is 1. The van der Waals surface area contributed by atoms with E-state index in [4.69, 9.17) is 4.74 Å². The number of H-pyrrole nitrogens is 1. The van der Waals surface area contributed by atoms with Crippen molar-refractivity contribution >= 4 is 22.6 Å². The van der Waals surface area contributed by atoms with Gasteiger partial charge in [0.05, 0.1) is 15.8 Å². The molecule has 1 aliphatic heterocycles. The number of nitrogens with zero attached hydrogens (tertiary/aromatic N) is 1. The fourth-order valence-corrected chi connectivity index (χ4v) is 2.08. The van der Waals surface area contributed by atoms with Crippen molar-refractivity contribution in [1.82, 2.24) is 9.55 Å². The molecular weight excluding hydrogens is 327 g/mol. The zero-order valence-corrected chi connectivity index (χ0v) is 10.7. The number of halogens is 1. The highest BCUT2D eigenvalue weighted by atomic mass is 127. The van der Waals surface area contributed by atoms with Crippen LogP contribution in [0.1, 0.15) is 19.6 Å². The summed E-state index contributed by atoms with van der Waals surface area (Å²) in [7, 11) is 0. The van der Waals surface area contributed by atoms with E-state index >= 15 is 0 Å². The first kappa shape index (κ1) is 11.8. The maximum absolute atomic E-state index is 11.5. The monoisotopic (exact) mass is 338 g/mol. The van der Waals surface area contributed by atoms with E-state index in [1.807, 2.05) is 22.6 Å². The summed E-state index contributed by atoms with van der Waals surface area (Å²) in [5.74, 6) is 0.